The van der Waals surface area contributed by atoms with Gasteiger partial charge in [0.05, 0.1) is 25.5 Å². The van der Waals surface area contributed by atoms with Crippen molar-refractivity contribution in [1.29, 1.82) is 0 Å². The fourth-order valence-electron chi connectivity index (χ4n) is 3.34. The lowest BCUT2D eigenvalue weighted by Gasteiger charge is -2.20. The first-order chi connectivity index (χ1) is 14.9. The van der Waals surface area contributed by atoms with Crippen LogP contribution in [0, 0.1) is 0 Å². The molecular weight excluding hydrogens is 517 g/mol. The van der Waals surface area contributed by atoms with E-state index in [1.54, 1.807) is 0 Å². The lowest BCUT2D eigenvalue weighted by molar-refractivity contribution is -0.139. The molecule has 2 aromatic carbocycles. The van der Waals surface area contributed by atoms with Gasteiger partial charge in [-0.15, -0.1) is 0 Å². The standard InChI is InChI=1S/C20H22BrF3N2O5S/c1-26-7-6-13(11-26)31-16-8-12(4-5-14(16)20(22,23)24)25-32(27,28)19-10-18(30-3)17(29-2)9-15(19)21/h4-5,8-10,13,25H,6-7,11H2,1-3H3/t13-/m1/s1. The molecule has 176 valence electrons. The zero-order chi connectivity index (χ0) is 23.7. The Morgan fingerprint density at radius 1 is 1.09 bits per heavy atom. The van der Waals surface area contributed by atoms with E-state index in [0.717, 1.165) is 18.2 Å². The summed E-state index contributed by atoms with van der Waals surface area (Å²) in [5.41, 5.74) is -1.04. The fourth-order valence-corrected chi connectivity index (χ4v) is 5.43. The number of likely N-dealkylation sites (N-methyl/N-ethyl adjacent to an activating group) is 1. The van der Waals surface area contributed by atoms with Gasteiger partial charge in [0.15, 0.2) is 11.5 Å². The van der Waals surface area contributed by atoms with Crippen LogP contribution >= 0.6 is 15.9 Å². The third-order valence-electron chi connectivity index (χ3n) is 4.91. The summed E-state index contributed by atoms with van der Waals surface area (Å²) in [4.78, 5) is 1.77. The Balaban J connectivity index is 1.95. The minimum Gasteiger partial charge on any atom is -0.493 e. The Kier molecular flexibility index (Phi) is 7.15. The number of benzene rings is 2. The van der Waals surface area contributed by atoms with Crippen LogP contribution in [0.4, 0.5) is 18.9 Å². The predicted molar refractivity (Wildman–Crippen MR) is 116 cm³/mol. The van der Waals surface area contributed by atoms with E-state index in [2.05, 4.69) is 20.7 Å². The normalized spacial score (nSPS) is 17.3. The van der Waals surface area contributed by atoms with Crippen LogP contribution in [0.25, 0.3) is 0 Å². The van der Waals surface area contributed by atoms with Gasteiger partial charge in [-0.05, 0) is 47.6 Å². The van der Waals surface area contributed by atoms with Crippen LogP contribution < -0.4 is 18.9 Å². The molecule has 0 aromatic heterocycles. The molecule has 1 fully saturated rings. The average Bonchev–Trinajstić information content (AvgIpc) is 3.11. The highest BCUT2D eigenvalue weighted by Gasteiger charge is 2.36. The summed E-state index contributed by atoms with van der Waals surface area (Å²) < 4.78 is 84.8. The Bertz CT molecular complexity index is 1100. The third kappa shape index (κ3) is 5.41. The molecule has 1 atom stereocenters. The number of alkyl halides is 3. The second-order valence-electron chi connectivity index (χ2n) is 7.24. The first kappa shape index (κ1) is 24.5. The molecule has 0 radical (unpaired) electrons. The van der Waals surface area contributed by atoms with Gasteiger partial charge in [0.2, 0.25) is 0 Å². The second-order valence-corrected chi connectivity index (χ2v) is 9.75. The summed E-state index contributed by atoms with van der Waals surface area (Å²) in [6, 6.07) is 5.57. The molecule has 1 N–H and O–H groups in total. The molecule has 3 rings (SSSR count). The van der Waals surface area contributed by atoms with Gasteiger partial charge in [0.1, 0.15) is 16.7 Å². The highest BCUT2D eigenvalue weighted by molar-refractivity contribution is 9.10. The van der Waals surface area contributed by atoms with Crippen LogP contribution in [-0.4, -0.2) is 53.8 Å². The van der Waals surface area contributed by atoms with Gasteiger partial charge in [-0.1, -0.05) is 0 Å². The Hall–Kier alpha value is -2.18. The third-order valence-corrected chi connectivity index (χ3v) is 7.25. The second kappa shape index (κ2) is 9.36. The predicted octanol–water partition coefficient (Wildman–Crippen LogP) is 4.37. The van der Waals surface area contributed by atoms with Crippen LogP contribution in [0.1, 0.15) is 12.0 Å². The molecular formula is C20H22BrF3N2O5S. The summed E-state index contributed by atoms with van der Waals surface area (Å²) in [7, 11) is 0.429. The average molecular weight is 539 g/mol. The van der Waals surface area contributed by atoms with Crippen molar-refractivity contribution in [3.8, 4) is 17.2 Å². The van der Waals surface area contributed by atoms with Crippen molar-refractivity contribution in [1.82, 2.24) is 4.90 Å². The van der Waals surface area contributed by atoms with E-state index in [4.69, 9.17) is 14.2 Å². The fraction of sp³-hybridized carbons (Fsp3) is 0.400. The van der Waals surface area contributed by atoms with E-state index in [1.807, 2.05) is 11.9 Å². The minimum atomic E-state index is -4.65. The van der Waals surface area contributed by atoms with Gasteiger partial charge in [-0.2, -0.15) is 13.2 Å². The Morgan fingerprint density at radius 3 is 2.31 bits per heavy atom. The van der Waals surface area contributed by atoms with Crippen LogP contribution in [0.5, 0.6) is 17.2 Å². The molecule has 0 unspecified atom stereocenters. The number of anilines is 1. The molecule has 1 saturated heterocycles. The Morgan fingerprint density at radius 2 is 1.75 bits per heavy atom. The van der Waals surface area contributed by atoms with Crippen molar-refractivity contribution in [3.05, 3.63) is 40.4 Å². The molecule has 0 aliphatic carbocycles. The van der Waals surface area contributed by atoms with Gasteiger partial charge >= 0.3 is 6.18 Å². The van der Waals surface area contributed by atoms with Gasteiger partial charge in [-0.3, -0.25) is 4.72 Å². The summed E-state index contributed by atoms with van der Waals surface area (Å²) in [6.07, 6.45) is -4.50. The maximum atomic E-state index is 13.5. The van der Waals surface area contributed by atoms with Crippen LogP contribution in [-0.2, 0) is 16.2 Å². The monoisotopic (exact) mass is 538 g/mol. The number of likely N-dealkylation sites (tertiary alicyclic amines) is 1. The maximum absolute atomic E-state index is 13.5. The van der Waals surface area contributed by atoms with Gasteiger partial charge in [-0.25, -0.2) is 8.42 Å². The summed E-state index contributed by atoms with van der Waals surface area (Å²) in [6.45, 7) is 1.18. The minimum absolute atomic E-state index is 0.0685. The van der Waals surface area contributed by atoms with E-state index in [0.29, 0.717) is 25.3 Å². The molecule has 1 aliphatic heterocycles. The lowest BCUT2D eigenvalue weighted by atomic mass is 10.1. The van der Waals surface area contributed by atoms with Crippen molar-refractivity contribution in [3.63, 3.8) is 0 Å². The Labute approximate surface area is 192 Å². The number of ether oxygens (including phenoxy) is 3. The molecule has 1 heterocycles. The van der Waals surface area contributed by atoms with E-state index in [9.17, 15) is 21.6 Å². The summed E-state index contributed by atoms with van der Waals surface area (Å²) in [5.74, 6) is 0.0623. The molecule has 32 heavy (non-hydrogen) atoms. The number of sulfonamides is 1. The van der Waals surface area contributed by atoms with Gasteiger partial charge < -0.3 is 19.1 Å². The summed E-state index contributed by atoms with van der Waals surface area (Å²) >= 11 is 3.18. The topological polar surface area (TPSA) is 77.1 Å². The van der Waals surface area contributed by atoms with Crippen molar-refractivity contribution in [2.24, 2.45) is 0 Å². The number of hydrogen-bond donors (Lipinski definition) is 1. The SMILES string of the molecule is COc1cc(Br)c(S(=O)(=O)Nc2ccc(C(F)(F)F)c(O[C@@H]3CCN(C)C3)c2)cc1OC. The number of nitrogens with zero attached hydrogens (tertiary/aromatic N) is 1. The van der Waals surface area contributed by atoms with Crippen molar-refractivity contribution < 1.29 is 35.8 Å². The van der Waals surface area contributed by atoms with E-state index < -0.39 is 33.6 Å². The van der Waals surface area contributed by atoms with Crippen molar-refractivity contribution >= 4 is 31.6 Å². The number of halogens is 4. The first-order valence-electron chi connectivity index (χ1n) is 9.45. The first-order valence-corrected chi connectivity index (χ1v) is 11.7. The zero-order valence-electron chi connectivity index (χ0n) is 17.5. The molecule has 0 spiro atoms. The molecule has 2 aromatic rings. The molecule has 7 nitrogen and oxygen atoms in total. The molecule has 1 aliphatic rings. The largest absolute Gasteiger partial charge is 0.493 e. The van der Waals surface area contributed by atoms with E-state index in [-0.39, 0.29) is 20.8 Å². The van der Waals surface area contributed by atoms with Crippen LogP contribution in [0.15, 0.2) is 39.7 Å². The lowest BCUT2D eigenvalue weighted by Crippen LogP contribution is -2.23. The molecule has 12 heteroatoms. The molecule has 0 amide bonds. The van der Waals surface area contributed by atoms with E-state index >= 15 is 0 Å². The number of rotatable bonds is 7. The maximum Gasteiger partial charge on any atom is 0.419 e. The number of hydrogen-bond acceptors (Lipinski definition) is 6. The van der Waals surface area contributed by atoms with Gasteiger partial charge in [0.25, 0.3) is 10.0 Å². The van der Waals surface area contributed by atoms with Gasteiger partial charge in [0, 0.05) is 29.7 Å². The smallest absolute Gasteiger partial charge is 0.419 e. The number of methoxy groups -OCH3 is 2. The highest BCUT2D eigenvalue weighted by Crippen LogP contribution is 2.40. The zero-order valence-corrected chi connectivity index (χ0v) is 19.9. The highest BCUT2D eigenvalue weighted by atomic mass is 79.9. The van der Waals surface area contributed by atoms with E-state index in [1.165, 1.54) is 26.4 Å². The van der Waals surface area contributed by atoms with Crippen LogP contribution in [0.3, 0.4) is 0 Å². The molecule has 0 bridgehead atoms. The quantitative estimate of drug-likeness (QED) is 0.564. The van der Waals surface area contributed by atoms with Crippen LogP contribution in [0.2, 0.25) is 0 Å². The number of nitrogens with one attached hydrogen (secondary N) is 1. The molecule has 0 saturated carbocycles. The summed E-state index contributed by atoms with van der Waals surface area (Å²) in [5, 5.41) is 0. The van der Waals surface area contributed by atoms with Crippen molar-refractivity contribution in [2.45, 2.75) is 23.6 Å². The van der Waals surface area contributed by atoms with Crippen molar-refractivity contribution in [2.75, 3.05) is 39.1 Å².